The van der Waals surface area contributed by atoms with E-state index in [1.165, 1.54) is 0 Å². The molecule has 6 heteroatoms. The van der Waals surface area contributed by atoms with Crippen LogP contribution < -0.4 is 15.6 Å². The number of methoxy groups -OCH3 is 1. The maximum atomic E-state index is 12.7. The first-order chi connectivity index (χ1) is 14.5. The maximum Gasteiger partial charge on any atom is 0.253 e. The summed E-state index contributed by atoms with van der Waals surface area (Å²) in [5.41, 5.74) is 3.69. The van der Waals surface area contributed by atoms with Crippen LogP contribution in [0.3, 0.4) is 0 Å². The van der Waals surface area contributed by atoms with Gasteiger partial charge in [0.1, 0.15) is 5.75 Å². The number of thiocarbonyl (C=S) groups is 1. The summed E-state index contributed by atoms with van der Waals surface area (Å²) in [5.74, 6) is 0.815. The molecule has 5 nitrogen and oxygen atoms in total. The molecule has 2 aromatic carbocycles. The summed E-state index contributed by atoms with van der Waals surface area (Å²) in [6.45, 7) is 6.02. The van der Waals surface area contributed by atoms with Crippen LogP contribution in [0.5, 0.6) is 5.75 Å². The summed E-state index contributed by atoms with van der Waals surface area (Å²) >= 11 is 5.67. The van der Waals surface area contributed by atoms with Crippen molar-refractivity contribution in [2.75, 3.05) is 13.7 Å². The molecule has 2 N–H and O–H groups in total. The van der Waals surface area contributed by atoms with Gasteiger partial charge in [-0.3, -0.25) is 4.79 Å². The van der Waals surface area contributed by atoms with Crippen LogP contribution in [0.4, 0.5) is 0 Å². The quantitative estimate of drug-likeness (QED) is 0.412. The number of benzene rings is 2. The molecule has 30 heavy (non-hydrogen) atoms. The van der Waals surface area contributed by atoms with E-state index < -0.39 is 0 Å². The fourth-order valence-corrected chi connectivity index (χ4v) is 3.55. The van der Waals surface area contributed by atoms with Gasteiger partial charge in [0, 0.05) is 24.2 Å². The van der Waals surface area contributed by atoms with Gasteiger partial charge in [0.2, 0.25) is 0 Å². The third-order valence-corrected chi connectivity index (χ3v) is 5.47. The zero-order valence-corrected chi connectivity index (χ0v) is 18.6. The van der Waals surface area contributed by atoms with Gasteiger partial charge in [0.25, 0.3) is 5.56 Å². The molecule has 0 radical (unpaired) electrons. The van der Waals surface area contributed by atoms with Crippen LogP contribution in [0.2, 0.25) is 0 Å². The average molecular weight is 424 g/mol. The van der Waals surface area contributed by atoms with E-state index in [-0.39, 0.29) is 5.56 Å². The molecule has 0 atom stereocenters. The van der Waals surface area contributed by atoms with E-state index in [1.54, 1.807) is 7.11 Å². The number of aromatic amines is 1. The largest absolute Gasteiger partial charge is 0.497 e. The molecule has 0 spiro atoms. The molecule has 3 rings (SSSR count). The Balaban J connectivity index is 1.86. The molecule has 1 aromatic heterocycles. The molecule has 0 aliphatic rings. The second-order valence-corrected chi connectivity index (χ2v) is 7.89. The van der Waals surface area contributed by atoms with Crippen molar-refractivity contribution in [2.45, 2.75) is 39.8 Å². The SMILES string of the molecule is CCCCNC(=S)N(Cc1ccc(OC)cc1)Cc1cc2ccc(C)cc2[nH]c1=O. The maximum absolute atomic E-state index is 12.7. The first kappa shape index (κ1) is 21.8. The number of unbranched alkanes of at least 4 members (excludes halogenated alkanes) is 1. The van der Waals surface area contributed by atoms with Crippen molar-refractivity contribution in [2.24, 2.45) is 0 Å². The molecule has 0 fully saturated rings. The van der Waals surface area contributed by atoms with Crippen LogP contribution in [0.1, 0.15) is 36.5 Å². The lowest BCUT2D eigenvalue weighted by atomic mass is 10.1. The number of hydrogen-bond acceptors (Lipinski definition) is 3. The molecule has 0 amide bonds. The smallest absolute Gasteiger partial charge is 0.253 e. The van der Waals surface area contributed by atoms with Gasteiger partial charge in [0.05, 0.1) is 13.7 Å². The number of fused-ring (bicyclic) bond motifs is 1. The van der Waals surface area contributed by atoms with Gasteiger partial charge in [-0.1, -0.05) is 37.6 Å². The summed E-state index contributed by atoms with van der Waals surface area (Å²) in [4.78, 5) is 17.8. The van der Waals surface area contributed by atoms with E-state index in [0.29, 0.717) is 23.8 Å². The highest BCUT2D eigenvalue weighted by molar-refractivity contribution is 7.80. The first-order valence-electron chi connectivity index (χ1n) is 10.3. The predicted molar refractivity (Wildman–Crippen MR) is 127 cm³/mol. The van der Waals surface area contributed by atoms with E-state index in [9.17, 15) is 4.79 Å². The number of hydrogen-bond donors (Lipinski definition) is 2. The Kier molecular flexibility index (Phi) is 7.46. The number of aryl methyl sites for hydroxylation is 1. The number of H-pyrrole nitrogens is 1. The van der Waals surface area contributed by atoms with Crippen LogP contribution in [0, 0.1) is 6.92 Å². The Morgan fingerprint density at radius 1 is 1.13 bits per heavy atom. The minimum absolute atomic E-state index is 0.0795. The van der Waals surface area contributed by atoms with Crippen molar-refractivity contribution in [1.29, 1.82) is 0 Å². The van der Waals surface area contributed by atoms with Gasteiger partial charge in [-0.2, -0.15) is 0 Å². The summed E-state index contributed by atoms with van der Waals surface area (Å²) < 4.78 is 5.25. The summed E-state index contributed by atoms with van der Waals surface area (Å²) in [5, 5.41) is 5.00. The lowest BCUT2D eigenvalue weighted by molar-refractivity contribution is 0.395. The van der Waals surface area contributed by atoms with Crippen molar-refractivity contribution >= 4 is 28.2 Å². The Bertz CT molecular complexity index is 1060. The van der Waals surface area contributed by atoms with E-state index in [4.69, 9.17) is 17.0 Å². The lowest BCUT2D eigenvalue weighted by Crippen LogP contribution is -2.40. The Hall–Kier alpha value is -2.86. The van der Waals surface area contributed by atoms with Crippen LogP contribution >= 0.6 is 12.2 Å². The number of nitrogens with one attached hydrogen (secondary N) is 2. The minimum Gasteiger partial charge on any atom is -0.497 e. The van der Waals surface area contributed by atoms with E-state index in [0.717, 1.165) is 47.2 Å². The lowest BCUT2D eigenvalue weighted by Gasteiger charge is -2.26. The topological polar surface area (TPSA) is 57.4 Å². The highest BCUT2D eigenvalue weighted by atomic mass is 32.1. The minimum atomic E-state index is -0.0795. The van der Waals surface area contributed by atoms with Crippen LogP contribution in [-0.2, 0) is 13.1 Å². The molecule has 1 heterocycles. The number of nitrogens with zero attached hydrogens (tertiary/aromatic N) is 1. The van der Waals surface area contributed by atoms with E-state index in [2.05, 4.69) is 23.3 Å². The van der Waals surface area contributed by atoms with Crippen molar-refractivity contribution in [1.82, 2.24) is 15.2 Å². The fourth-order valence-electron chi connectivity index (χ4n) is 3.32. The molecule has 158 valence electrons. The molecular weight excluding hydrogens is 394 g/mol. The van der Waals surface area contributed by atoms with E-state index >= 15 is 0 Å². The van der Waals surface area contributed by atoms with Gasteiger partial charge in [-0.15, -0.1) is 0 Å². The standard InChI is InChI=1S/C24H29N3O2S/c1-4-5-12-25-24(30)27(15-18-7-10-21(29-3)11-8-18)16-20-14-19-9-6-17(2)13-22(19)26-23(20)28/h6-11,13-14H,4-5,12,15-16H2,1-3H3,(H,25,30)(H,26,28). The van der Waals surface area contributed by atoms with Crippen LogP contribution in [-0.4, -0.2) is 28.7 Å². The van der Waals surface area contributed by atoms with Gasteiger partial charge >= 0.3 is 0 Å². The third-order valence-electron chi connectivity index (χ3n) is 5.07. The second kappa shape index (κ2) is 10.3. The molecule has 0 saturated heterocycles. The Labute approximate surface area is 183 Å². The Morgan fingerprint density at radius 3 is 2.60 bits per heavy atom. The van der Waals surface area contributed by atoms with Crippen molar-refractivity contribution < 1.29 is 4.74 Å². The van der Waals surface area contributed by atoms with E-state index in [1.807, 2.05) is 54.3 Å². The summed E-state index contributed by atoms with van der Waals surface area (Å²) in [6, 6.07) is 16.0. The molecule has 0 saturated carbocycles. The first-order valence-corrected chi connectivity index (χ1v) is 10.7. The highest BCUT2D eigenvalue weighted by Gasteiger charge is 2.14. The van der Waals surface area contributed by atoms with Gasteiger partial charge in [-0.05, 0) is 66.3 Å². The fraction of sp³-hybridized carbons (Fsp3) is 0.333. The van der Waals surface area contributed by atoms with Gasteiger partial charge < -0.3 is 19.9 Å². The van der Waals surface area contributed by atoms with Crippen molar-refractivity contribution in [3.63, 3.8) is 0 Å². The molecule has 0 unspecified atom stereocenters. The molecular formula is C24H29N3O2S. The normalized spacial score (nSPS) is 10.8. The zero-order chi connectivity index (χ0) is 21.5. The number of aromatic nitrogens is 1. The molecule has 0 bridgehead atoms. The molecule has 0 aliphatic carbocycles. The van der Waals surface area contributed by atoms with Gasteiger partial charge in [-0.25, -0.2) is 0 Å². The molecule has 0 aliphatic heterocycles. The number of rotatable bonds is 8. The van der Waals surface area contributed by atoms with Crippen molar-refractivity contribution in [3.05, 3.63) is 75.6 Å². The highest BCUT2D eigenvalue weighted by Crippen LogP contribution is 2.17. The van der Waals surface area contributed by atoms with Crippen LogP contribution in [0.15, 0.2) is 53.3 Å². The third kappa shape index (κ3) is 5.60. The predicted octanol–water partition coefficient (Wildman–Crippen LogP) is 4.52. The number of pyridine rings is 1. The summed E-state index contributed by atoms with van der Waals surface area (Å²) in [7, 11) is 1.65. The monoisotopic (exact) mass is 423 g/mol. The average Bonchev–Trinajstić information content (AvgIpc) is 2.74. The Morgan fingerprint density at radius 2 is 1.90 bits per heavy atom. The molecule has 3 aromatic rings. The second-order valence-electron chi connectivity index (χ2n) is 7.50. The van der Waals surface area contributed by atoms with Crippen LogP contribution in [0.25, 0.3) is 10.9 Å². The van der Waals surface area contributed by atoms with Crippen molar-refractivity contribution in [3.8, 4) is 5.75 Å². The van der Waals surface area contributed by atoms with Gasteiger partial charge in [0.15, 0.2) is 5.11 Å². The number of ether oxygens (including phenoxy) is 1. The zero-order valence-electron chi connectivity index (χ0n) is 17.8. The summed E-state index contributed by atoms with van der Waals surface area (Å²) in [6.07, 6.45) is 2.14.